The summed E-state index contributed by atoms with van der Waals surface area (Å²) >= 11 is 5.66. The Morgan fingerprint density at radius 2 is 2.33 bits per heavy atom. The molecule has 1 aromatic heterocycles. The molecule has 0 N–H and O–H groups in total. The van der Waals surface area contributed by atoms with E-state index in [-0.39, 0.29) is 6.42 Å². The predicted molar refractivity (Wildman–Crippen MR) is 46.4 cm³/mol. The first-order valence-electron chi connectivity index (χ1n) is 3.29. The Kier molecular flexibility index (Phi) is 3.14. The van der Waals surface area contributed by atoms with Gasteiger partial charge in [-0.1, -0.05) is 23.4 Å². The third-order valence-electron chi connectivity index (χ3n) is 1.11. The van der Waals surface area contributed by atoms with Crippen molar-refractivity contribution < 1.29 is 0 Å². The molecule has 12 heavy (non-hydrogen) atoms. The Morgan fingerprint density at radius 3 is 3.00 bits per heavy atom. The number of hydrogen-bond donors (Lipinski definition) is 0. The van der Waals surface area contributed by atoms with Crippen LogP contribution in [0, 0.1) is 23.2 Å². The first-order chi connectivity index (χ1) is 5.83. The fourth-order valence-electron chi connectivity index (χ4n) is 0.666. The van der Waals surface area contributed by atoms with Crippen molar-refractivity contribution in [2.75, 3.05) is 0 Å². The van der Waals surface area contributed by atoms with Gasteiger partial charge in [-0.05, 0) is 6.07 Å². The molecule has 1 rings (SSSR count). The fraction of sp³-hybridized carbons (Fsp3) is 0.111. The lowest BCUT2D eigenvalue weighted by atomic mass is 10.3. The largest absolute Gasteiger partial charge is 0.262 e. The van der Waals surface area contributed by atoms with Gasteiger partial charge in [-0.2, -0.15) is 5.26 Å². The first kappa shape index (κ1) is 8.59. The third kappa shape index (κ3) is 2.62. The molecular formula is C9H5ClN2. The molecule has 0 aliphatic heterocycles. The number of rotatable bonds is 0. The molecule has 0 aliphatic rings. The number of hydrogen-bond acceptors (Lipinski definition) is 2. The normalized spacial score (nSPS) is 8.00. The SMILES string of the molecule is N#CCC#Cc1cncc(Cl)c1. The van der Waals surface area contributed by atoms with E-state index in [2.05, 4.69) is 16.8 Å². The minimum absolute atomic E-state index is 0.229. The lowest BCUT2D eigenvalue weighted by Gasteiger charge is -1.88. The Balaban J connectivity index is 2.79. The molecular weight excluding hydrogens is 172 g/mol. The number of aromatic nitrogens is 1. The van der Waals surface area contributed by atoms with Gasteiger partial charge in [0.15, 0.2) is 0 Å². The van der Waals surface area contributed by atoms with E-state index in [1.165, 1.54) is 6.20 Å². The van der Waals surface area contributed by atoms with Crippen LogP contribution >= 0.6 is 11.6 Å². The number of halogens is 1. The second kappa shape index (κ2) is 4.38. The molecule has 0 spiro atoms. The molecule has 0 bridgehead atoms. The molecule has 0 fully saturated rings. The van der Waals surface area contributed by atoms with Crippen LogP contribution in [0.2, 0.25) is 5.02 Å². The van der Waals surface area contributed by atoms with Crippen molar-refractivity contribution >= 4 is 11.6 Å². The van der Waals surface area contributed by atoms with E-state index in [0.29, 0.717) is 5.02 Å². The first-order valence-corrected chi connectivity index (χ1v) is 3.67. The minimum Gasteiger partial charge on any atom is -0.262 e. The predicted octanol–water partition coefficient (Wildman–Crippen LogP) is 2.00. The highest BCUT2D eigenvalue weighted by atomic mass is 35.5. The van der Waals surface area contributed by atoms with Crippen molar-refractivity contribution in [3.63, 3.8) is 0 Å². The molecule has 1 heterocycles. The molecule has 58 valence electrons. The zero-order chi connectivity index (χ0) is 8.81. The average molecular weight is 177 g/mol. The summed E-state index contributed by atoms with van der Waals surface area (Å²) in [6.45, 7) is 0. The zero-order valence-corrected chi connectivity index (χ0v) is 6.97. The van der Waals surface area contributed by atoms with Gasteiger partial charge >= 0.3 is 0 Å². The van der Waals surface area contributed by atoms with Crippen LogP contribution in [0.3, 0.4) is 0 Å². The summed E-state index contributed by atoms with van der Waals surface area (Å²) in [6, 6.07) is 3.63. The van der Waals surface area contributed by atoms with E-state index >= 15 is 0 Å². The molecule has 0 amide bonds. The number of nitriles is 1. The maximum absolute atomic E-state index is 8.20. The van der Waals surface area contributed by atoms with Gasteiger partial charge in [-0.15, -0.1) is 0 Å². The topological polar surface area (TPSA) is 36.7 Å². The number of nitrogens with zero attached hydrogens (tertiary/aromatic N) is 2. The van der Waals surface area contributed by atoms with Gasteiger partial charge in [0.2, 0.25) is 0 Å². The van der Waals surface area contributed by atoms with Gasteiger partial charge in [0.25, 0.3) is 0 Å². The Bertz CT molecular complexity index is 368. The second-order valence-electron chi connectivity index (χ2n) is 2.03. The van der Waals surface area contributed by atoms with Crippen molar-refractivity contribution in [3.8, 4) is 17.9 Å². The monoisotopic (exact) mass is 176 g/mol. The van der Waals surface area contributed by atoms with E-state index in [0.717, 1.165) is 5.56 Å². The molecule has 0 saturated heterocycles. The van der Waals surface area contributed by atoms with Crippen LogP contribution in [0.15, 0.2) is 18.5 Å². The van der Waals surface area contributed by atoms with Crippen molar-refractivity contribution in [2.45, 2.75) is 6.42 Å². The molecule has 0 atom stereocenters. The van der Waals surface area contributed by atoms with Crippen LogP contribution in [-0.2, 0) is 0 Å². The van der Waals surface area contributed by atoms with Gasteiger partial charge in [0, 0.05) is 18.0 Å². The van der Waals surface area contributed by atoms with E-state index in [4.69, 9.17) is 16.9 Å². The Labute approximate surface area is 75.8 Å². The van der Waals surface area contributed by atoms with E-state index in [1.807, 2.05) is 6.07 Å². The molecule has 0 aliphatic carbocycles. The lowest BCUT2D eigenvalue weighted by Crippen LogP contribution is -1.76. The maximum atomic E-state index is 8.20. The quantitative estimate of drug-likeness (QED) is 0.567. The van der Waals surface area contributed by atoms with Crippen LogP contribution in [-0.4, -0.2) is 4.98 Å². The van der Waals surface area contributed by atoms with Crippen molar-refractivity contribution in [2.24, 2.45) is 0 Å². The summed E-state index contributed by atoms with van der Waals surface area (Å²) in [4.78, 5) is 3.85. The van der Waals surface area contributed by atoms with Crippen LogP contribution < -0.4 is 0 Å². The molecule has 0 radical (unpaired) electrons. The summed E-state index contributed by atoms with van der Waals surface area (Å²) in [5.74, 6) is 5.44. The minimum atomic E-state index is 0.229. The van der Waals surface area contributed by atoms with E-state index in [1.54, 1.807) is 12.3 Å². The summed E-state index contributed by atoms with van der Waals surface area (Å²) in [5.41, 5.74) is 0.734. The second-order valence-corrected chi connectivity index (χ2v) is 2.46. The molecule has 0 unspecified atom stereocenters. The van der Waals surface area contributed by atoms with Gasteiger partial charge in [0.1, 0.15) is 0 Å². The number of pyridine rings is 1. The molecule has 0 saturated carbocycles. The smallest absolute Gasteiger partial charge is 0.0966 e. The maximum Gasteiger partial charge on any atom is 0.0966 e. The van der Waals surface area contributed by atoms with Gasteiger partial charge in [-0.25, -0.2) is 0 Å². The third-order valence-corrected chi connectivity index (χ3v) is 1.31. The average Bonchev–Trinajstić information content (AvgIpc) is 2.05. The highest BCUT2D eigenvalue weighted by Crippen LogP contribution is 2.06. The van der Waals surface area contributed by atoms with Gasteiger partial charge in [0.05, 0.1) is 17.5 Å². The van der Waals surface area contributed by atoms with E-state index < -0.39 is 0 Å². The Hall–Kier alpha value is -1.51. The molecule has 1 aromatic rings. The summed E-state index contributed by atoms with van der Waals surface area (Å²) in [5, 5.41) is 8.76. The lowest BCUT2D eigenvalue weighted by molar-refractivity contribution is 1.31. The van der Waals surface area contributed by atoms with Crippen LogP contribution in [0.1, 0.15) is 12.0 Å². The van der Waals surface area contributed by atoms with Gasteiger partial charge in [-0.3, -0.25) is 4.98 Å². The summed E-state index contributed by atoms with van der Waals surface area (Å²) < 4.78 is 0. The highest BCUT2D eigenvalue weighted by Gasteiger charge is 1.88. The summed E-state index contributed by atoms with van der Waals surface area (Å²) in [7, 11) is 0. The standard InChI is InChI=1S/C9H5ClN2/c10-9-5-8(6-12-7-9)3-1-2-4-11/h5-7H,2H2. The summed E-state index contributed by atoms with van der Waals surface area (Å²) in [6.07, 6.45) is 3.37. The Morgan fingerprint density at radius 1 is 1.50 bits per heavy atom. The molecule has 2 nitrogen and oxygen atoms in total. The molecule has 3 heteroatoms. The van der Waals surface area contributed by atoms with Crippen LogP contribution in [0.25, 0.3) is 0 Å². The van der Waals surface area contributed by atoms with Crippen molar-refractivity contribution in [1.29, 1.82) is 5.26 Å². The molecule has 0 aromatic carbocycles. The zero-order valence-electron chi connectivity index (χ0n) is 6.21. The van der Waals surface area contributed by atoms with E-state index in [9.17, 15) is 0 Å². The van der Waals surface area contributed by atoms with Gasteiger partial charge < -0.3 is 0 Å². The van der Waals surface area contributed by atoms with Crippen LogP contribution in [0.4, 0.5) is 0 Å². The highest BCUT2D eigenvalue weighted by molar-refractivity contribution is 6.30. The van der Waals surface area contributed by atoms with Crippen molar-refractivity contribution in [3.05, 3.63) is 29.0 Å². The van der Waals surface area contributed by atoms with Crippen molar-refractivity contribution in [1.82, 2.24) is 4.98 Å². The fourth-order valence-corrected chi connectivity index (χ4v) is 0.840. The van der Waals surface area contributed by atoms with Crippen LogP contribution in [0.5, 0.6) is 0 Å².